The van der Waals surface area contributed by atoms with E-state index in [1.807, 2.05) is 29.1 Å². The zero-order chi connectivity index (χ0) is 17.6. The number of nitro groups is 1. The molecule has 0 aliphatic rings. The van der Waals surface area contributed by atoms with Crippen molar-refractivity contribution in [1.82, 2.24) is 19.9 Å². The summed E-state index contributed by atoms with van der Waals surface area (Å²) in [5.41, 5.74) is 0. The number of amides is 1. The van der Waals surface area contributed by atoms with E-state index in [1.54, 1.807) is 6.07 Å². The average Bonchev–Trinajstić information content (AvgIpc) is 3.30. The fourth-order valence-electron chi connectivity index (χ4n) is 2.07. The Hall–Kier alpha value is -3.69. The number of nitrogens with one attached hydrogen (secondary N) is 2. The maximum absolute atomic E-state index is 11.8. The van der Waals surface area contributed by atoms with Crippen LogP contribution >= 0.6 is 0 Å². The molecule has 25 heavy (non-hydrogen) atoms. The molecule has 0 bridgehead atoms. The first-order valence-corrected chi connectivity index (χ1v) is 7.35. The summed E-state index contributed by atoms with van der Waals surface area (Å²) in [4.78, 5) is 29.9. The lowest BCUT2D eigenvalue weighted by molar-refractivity contribution is -0.402. The number of aromatic nitrogens is 3. The van der Waals surface area contributed by atoms with E-state index >= 15 is 0 Å². The number of nitrogens with zero attached hydrogens (tertiary/aromatic N) is 4. The van der Waals surface area contributed by atoms with Gasteiger partial charge < -0.3 is 19.6 Å². The Balaban J connectivity index is 1.49. The number of furan rings is 1. The zero-order valence-corrected chi connectivity index (χ0v) is 13.0. The normalized spacial score (nSPS) is 10.4. The van der Waals surface area contributed by atoms with E-state index in [0.717, 1.165) is 11.9 Å². The number of hydrogen-bond acceptors (Lipinski definition) is 7. The summed E-state index contributed by atoms with van der Waals surface area (Å²) in [6.45, 7) is 0.701. The van der Waals surface area contributed by atoms with Gasteiger partial charge in [0, 0.05) is 31.5 Å². The van der Waals surface area contributed by atoms with Gasteiger partial charge in [0.15, 0.2) is 5.76 Å². The number of rotatable bonds is 7. The van der Waals surface area contributed by atoms with Crippen LogP contribution in [0.4, 0.5) is 11.7 Å². The quantitative estimate of drug-likeness (QED) is 0.379. The highest BCUT2D eigenvalue weighted by atomic mass is 16.6. The summed E-state index contributed by atoms with van der Waals surface area (Å²) < 4.78 is 6.67. The third kappa shape index (κ3) is 3.99. The predicted molar refractivity (Wildman–Crippen MR) is 87.5 cm³/mol. The number of carbonyl (C=O) groups is 1. The topological polar surface area (TPSA) is 128 Å². The third-order valence-electron chi connectivity index (χ3n) is 3.23. The van der Waals surface area contributed by atoms with E-state index in [4.69, 9.17) is 4.42 Å². The van der Waals surface area contributed by atoms with Crippen molar-refractivity contribution in [2.45, 2.75) is 0 Å². The van der Waals surface area contributed by atoms with Crippen LogP contribution in [-0.4, -0.2) is 38.5 Å². The van der Waals surface area contributed by atoms with Crippen LogP contribution in [0, 0.1) is 10.1 Å². The highest BCUT2D eigenvalue weighted by molar-refractivity contribution is 5.91. The van der Waals surface area contributed by atoms with E-state index in [-0.39, 0.29) is 12.3 Å². The summed E-state index contributed by atoms with van der Waals surface area (Å²) in [6, 6.07) is 7.96. The standard InChI is InChI=1S/C15H14N6O4/c22-15(11-3-4-14(25-11)21(23)24)17-6-5-16-12-9-13(19-10-18-12)20-7-1-2-8-20/h1-4,7-10H,5-6H2,(H,17,22)(H,16,18,19). The SMILES string of the molecule is O=C(NCCNc1cc(-n2cccc2)ncn1)c1ccc([N+](=O)[O-])o1. The van der Waals surface area contributed by atoms with Crippen LogP contribution < -0.4 is 10.6 Å². The van der Waals surface area contributed by atoms with Crippen LogP contribution in [0.25, 0.3) is 5.82 Å². The molecule has 1 amide bonds. The minimum absolute atomic E-state index is 0.108. The first kappa shape index (κ1) is 16.2. The van der Waals surface area contributed by atoms with Crippen molar-refractivity contribution < 1.29 is 14.1 Å². The molecule has 0 saturated heterocycles. The molecule has 0 fully saturated rings. The molecule has 0 radical (unpaired) electrons. The van der Waals surface area contributed by atoms with Gasteiger partial charge in [0.1, 0.15) is 22.9 Å². The molecule has 3 rings (SSSR count). The van der Waals surface area contributed by atoms with Gasteiger partial charge in [-0.15, -0.1) is 0 Å². The number of carbonyl (C=O) groups excluding carboxylic acids is 1. The van der Waals surface area contributed by atoms with Gasteiger partial charge >= 0.3 is 5.88 Å². The van der Waals surface area contributed by atoms with Gasteiger partial charge in [-0.3, -0.25) is 14.9 Å². The minimum atomic E-state index is -0.699. The van der Waals surface area contributed by atoms with Crippen molar-refractivity contribution in [3.63, 3.8) is 0 Å². The first-order valence-electron chi connectivity index (χ1n) is 7.35. The van der Waals surface area contributed by atoms with Crippen molar-refractivity contribution in [1.29, 1.82) is 0 Å². The molecule has 0 unspecified atom stereocenters. The second-order valence-electron chi connectivity index (χ2n) is 4.93. The molecule has 0 spiro atoms. The summed E-state index contributed by atoms with van der Waals surface area (Å²) in [5.74, 6) is 0.229. The smallest absolute Gasteiger partial charge is 0.395 e. The number of hydrogen-bond donors (Lipinski definition) is 2. The lowest BCUT2D eigenvalue weighted by Crippen LogP contribution is -2.28. The number of anilines is 1. The van der Waals surface area contributed by atoms with Crippen LogP contribution in [0.3, 0.4) is 0 Å². The van der Waals surface area contributed by atoms with Gasteiger partial charge in [0.05, 0.1) is 6.07 Å². The Morgan fingerprint density at radius 3 is 2.76 bits per heavy atom. The molecule has 0 aliphatic carbocycles. The second kappa shape index (κ2) is 7.25. The Morgan fingerprint density at radius 2 is 2.04 bits per heavy atom. The summed E-state index contributed by atoms with van der Waals surface area (Å²) >= 11 is 0. The van der Waals surface area contributed by atoms with Gasteiger partial charge in [-0.25, -0.2) is 9.97 Å². The molecule has 10 heteroatoms. The lowest BCUT2D eigenvalue weighted by atomic mass is 10.4. The molecule has 0 atom stereocenters. The summed E-state index contributed by atoms with van der Waals surface area (Å²) in [6.07, 6.45) is 5.18. The highest BCUT2D eigenvalue weighted by Crippen LogP contribution is 2.15. The second-order valence-corrected chi connectivity index (χ2v) is 4.93. The Labute approximate surface area is 141 Å². The van der Waals surface area contributed by atoms with Crippen molar-refractivity contribution >= 4 is 17.6 Å². The van der Waals surface area contributed by atoms with Gasteiger partial charge in [-0.2, -0.15) is 0 Å². The summed E-state index contributed by atoms with van der Waals surface area (Å²) in [5, 5.41) is 16.2. The van der Waals surface area contributed by atoms with Gasteiger partial charge in [-0.1, -0.05) is 0 Å². The Morgan fingerprint density at radius 1 is 1.24 bits per heavy atom. The maximum atomic E-state index is 11.8. The molecular formula is C15H14N6O4. The van der Waals surface area contributed by atoms with E-state index in [1.165, 1.54) is 12.4 Å². The molecule has 2 N–H and O–H groups in total. The highest BCUT2D eigenvalue weighted by Gasteiger charge is 2.16. The van der Waals surface area contributed by atoms with Crippen molar-refractivity contribution in [3.8, 4) is 5.82 Å². The lowest BCUT2D eigenvalue weighted by Gasteiger charge is -2.08. The van der Waals surface area contributed by atoms with Crippen molar-refractivity contribution in [3.05, 3.63) is 64.9 Å². The predicted octanol–water partition coefficient (Wildman–Crippen LogP) is 1.61. The van der Waals surface area contributed by atoms with Gasteiger partial charge in [0.2, 0.25) is 0 Å². The zero-order valence-electron chi connectivity index (χ0n) is 13.0. The van der Waals surface area contributed by atoms with Gasteiger partial charge in [0.25, 0.3) is 5.91 Å². The maximum Gasteiger partial charge on any atom is 0.433 e. The fraction of sp³-hybridized carbons (Fsp3) is 0.133. The molecular weight excluding hydrogens is 328 g/mol. The van der Waals surface area contributed by atoms with Crippen molar-refractivity contribution in [2.24, 2.45) is 0 Å². The van der Waals surface area contributed by atoms with Crippen LogP contribution in [0.2, 0.25) is 0 Å². The van der Waals surface area contributed by atoms with Crippen LogP contribution in [0.1, 0.15) is 10.6 Å². The third-order valence-corrected chi connectivity index (χ3v) is 3.23. The van der Waals surface area contributed by atoms with E-state index in [0.29, 0.717) is 12.4 Å². The minimum Gasteiger partial charge on any atom is -0.395 e. The Kier molecular flexibility index (Phi) is 4.69. The fourth-order valence-corrected chi connectivity index (χ4v) is 2.07. The van der Waals surface area contributed by atoms with E-state index < -0.39 is 16.7 Å². The molecule has 0 aliphatic heterocycles. The molecule has 3 aromatic rings. The molecule has 0 aromatic carbocycles. The molecule has 10 nitrogen and oxygen atoms in total. The molecule has 0 saturated carbocycles. The molecule has 3 aromatic heterocycles. The largest absolute Gasteiger partial charge is 0.433 e. The first-order chi connectivity index (χ1) is 12.1. The van der Waals surface area contributed by atoms with E-state index in [2.05, 4.69) is 20.6 Å². The molecule has 3 heterocycles. The van der Waals surface area contributed by atoms with E-state index in [9.17, 15) is 14.9 Å². The summed E-state index contributed by atoms with van der Waals surface area (Å²) in [7, 11) is 0. The average molecular weight is 342 g/mol. The van der Waals surface area contributed by atoms with Gasteiger partial charge in [-0.05, 0) is 18.2 Å². The Bertz CT molecular complexity index is 874. The molecule has 128 valence electrons. The van der Waals surface area contributed by atoms with Crippen LogP contribution in [0.15, 0.2) is 53.5 Å². The monoisotopic (exact) mass is 342 g/mol. The van der Waals surface area contributed by atoms with Crippen molar-refractivity contribution in [2.75, 3.05) is 18.4 Å². The van der Waals surface area contributed by atoms with Crippen LogP contribution in [0.5, 0.6) is 0 Å². The van der Waals surface area contributed by atoms with Crippen LogP contribution in [-0.2, 0) is 0 Å².